The number of anilines is 1. The molecule has 1 aliphatic rings. The summed E-state index contributed by atoms with van der Waals surface area (Å²) in [5, 5.41) is 6.43. The Bertz CT molecular complexity index is 664. The van der Waals surface area contributed by atoms with Gasteiger partial charge in [-0.1, -0.05) is 36.4 Å². The topological polar surface area (TPSA) is 41.1 Å². The van der Waals surface area contributed by atoms with Crippen molar-refractivity contribution in [2.24, 2.45) is 0 Å². The Hall–Kier alpha value is -2.13. The summed E-state index contributed by atoms with van der Waals surface area (Å²) in [7, 11) is 0. The summed E-state index contributed by atoms with van der Waals surface area (Å²) >= 11 is 0. The van der Waals surface area contributed by atoms with Gasteiger partial charge in [-0.25, -0.2) is 0 Å². The maximum Gasteiger partial charge on any atom is 0.228 e. The van der Waals surface area contributed by atoms with Gasteiger partial charge in [0.1, 0.15) is 0 Å². The van der Waals surface area contributed by atoms with Gasteiger partial charge in [-0.2, -0.15) is 0 Å². The Labute approximate surface area is 125 Å². The molecule has 0 atom stereocenters. The Balaban J connectivity index is 1.75. The smallest absolute Gasteiger partial charge is 0.228 e. The highest BCUT2D eigenvalue weighted by molar-refractivity contribution is 5.93. The van der Waals surface area contributed by atoms with Gasteiger partial charge < -0.3 is 10.6 Å². The molecule has 21 heavy (non-hydrogen) atoms. The quantitative estimate of drug-likeness (QED) is 0.907. The van der Waals surface area contributed by atoms with E-state index in [0.29, 0.717) is 6.42 Å². The van der Waals surface area contributed by atoms with Crippen LogP contribution in [-0.2, 0) is 24.2 Å². The number of carbonyl (C=O) groups excluding carboxylic acids is 1. The molecule has 1 aliphatic heterocycles. The predicted octanol–water partition coefficient (Wildman–Crippen LogP) is 2.82. The molecule has 0 spiro atoms. The molecule has 0 unspecified atom stereocenters. The fourth-order valence-corrected chi connectivity index (χ4v) is 2.81. The molecule has 108 valence electrons. The minimum atomic E-state index is 0.0447. The number of amides is 1. The molecular weight excluding hydrogens is 260 g/mol. The summed E-state index contributed by atoms with van der Waals surface area (Å²) in [5.74, 6) is 0.0447. The standard InChI is InChI=1S/C18H20N2O/c1-13-5-2-3-6-15(13)11-18(21)20-17-8-4-7-14-9-10-19-12-16(14)17/h2-8,19H,9-12H2,1H3,(H,20,21). The lowest BCUT2D eigenvalue weighted by Crippen LogP contribution is -2.26. The molecule has 2 aromatic carbocycles. The molecule has 0 bridgehead atoms. The monoisotopic (exact) mass is 280 g/mol. The SMILES string of the molecule is Cc1ccccc1CC(=O)Nc1cccc2c1CNCC2. The molecule has 0 aliphatic carbocycles. The highest BCUT2D eigenvalue weighted by Gasteiger charge is 2.14. The van der Waals surface area contributed by atoms with Crippen molar-refractivity contribution in [3.8, 4) is 0 Å². The van der Waals surface area contributed by atoms with Gasteiger partial charge in [0, 0.05) is 12.2 Å². The van der Waals surface area contributed by atoms with Crippen molar-refractivity contribution in [3.05, 3.63) is 64.7 Å². The first-order valence-corrected chi connectivity index (χ1v) is 7.40. The third-order valence-electron chi connectivity index (χ3n) is 4.03. The lowest BCUT2D eigenvalue weighted by Gasteiger charge is -2.20. The first-order valence-electron chi connectivity index (χ1n) is 7.40. The number of benzene rings is 2. The van der Waals surface area contributed by atoms with Gasteiger partial charge in [0.2, 0.25) is 5.91 Å². The normalized spacial score (nSPS) is 13.6. The van der Waals surface area contributed by atoms with Crippen molar-refractivity contribution in [3.63, 3.8) is 0 Å². The van der Waals surface area contributed by atoms with Gasteiger partial charge in [0.25, 0.3) is 0 Å². The van der Waals surface area contributed by atoms with Crippen LogP contribution in [0, 0.1) is 6.92 Å². The third kappa shape index (κ3) is 3.14. The zero-order valence-electron chi connectivity index (χ0n) is 12.3. The van der Waals surface area contributed by atoms with Gasteiger partial charge in [-0.15, -0.1) is 0 Å². The highest BCUT2D eigenvalue weighted by Crippen LogP contribution is 2.23. The van der Waals surface area contributed by atoms with Crippen molar-refractivity contribution in [2.75, 3.05) is 11.9 Å². The van der Waals surface area contributed by atoms with E-state index in [0.717, 1.165) is 36.3 Å². The minimum absolute atomic E-state index is 0.0447. The van der Waals surface area contributed by atoms with Crippen LogP contribution in [-0.4, -0.2) is 12.5 Å². The number of aryl methyl sites for hydroxylation is 1. The number of hydrogen-bond donors (Lipinski definition) is 2. The van der Waals surface area contributed by atoms with Crippen LogP contribution < -0.4 is 10.6 Å². The summed E-state index contributed by atoms with van der Waals surface area (Å²) in [4.78, 5) is 12.3. The molecular formula is C18H20N2O. The summed E-state index contributed by atoms with van der Waals surface area (Å²) < 4.78 is 0. The summed E-state index contributed by atoms with van der Waals surface area (Å²) in [6, 6.07) is 14.2. The molecule has 0 fully saturated rings. The minimum Gasteiger partial charge on any atom is -0.325 e. The van der Waals surface area contributed by atoms with Crippen molar-refractivity contribution >= 4 is 11.6 Å². The van der Waals surface area contributed by atoms with Gasteiger partial charge in [0.15, 0.2) is 0 Å². The summed E-state index contributed by atoms with van der Waals surface area (Å²) in [6.45, 7) is 3.88. The molecule has 1 amide bonds. The van der Waals surface area contributed by atoms with Crippen molar-refractivity contribution in [1.82, 2.24) is 5.32 Å². The molecule has 3 heteroatoms. The van der Waals surface area contributed by atoms with Crippen LogP contribution in [0.4, 0.5) is 5.69 Å². The van der Waals surface area contributed by atoms with Crippen LogP contribution in [0.15, 0.2) is 42.5 Å². The number of rotatable bonds is 3. The van der Waals surface area contributed by atoms with E-state index >= 15 is 0 Å². The molecule has 0 aromatic heterocycles. The fourth-order valence-electron chi connectivity index (χ4n) is 2.81. The van der Waals surface area contributed by atoms with Crippen LogP contribution in [0.2, 0.25) is 0 Å². The predicted molar refractivity (Wildman–Crippen MR) is 85.4 cm³/mol. The van der Waals surface area contributed by atoms with E-state index in [1.165, 1.54) is 11.1 Å². The second-order valence-corrected chi connectivity index (χ2v) is 5.52. The third-order valence-corrected chi connectivity index (χ3v) is 4.03. The molecule has 2 N–H and O–H groups in total. The van der Waals surface area contributed by atoms with E-state index in [1.54, 1.807) is 0 Å². The van der Waals surface area contributed by atoms with Gasteiger partial charge >= 0.3 is 0 Å². The van der Waals surface area contributed by atoms with E-state index in [1.807, 2.05) is 43.3 Å². The van der Waals surface area contributed by atoms with Crippen molar-refractivity contribution < 1.29 is 4.79 Å². The average Bonchev–Trinajstić information content (AvgIpc) is 2.50. The zero-order chi connectivity index (χ0) is 14.7. The van der Waals surface area contributed by atoms with E-state index in [2.05, 4.69) is 16.7 Å². The first kappa shape index (κ1) is 13.8. The Morgan fingerprint density at radius 2 is 2.05 bits per heavy atom. The Kier molecular flexibility index (Phi) is 4.02. The molecule has 0 radical (unpaired) electrons. The highest BCUT2D eigenvalue weighted by atomic mass is 16.1. The second kappa shape index (κ2) is 6.10. The molecule has 0 saturated carbocycles. The molecule has 1 heterocycles. The van der Waals surface area contributed by atoms with Gasteiger partial charge in [0.05, 0.1) is 6.42 Å². The van der Waals surface area contributed by atoms with Crippen LogP contribution >= 0.6 is 0 Å². The van der Waals surface area contributed by atoms with Crippen molar-refractivity contribution in [2.45, 2.75) is 26.3 Å². The maximum atomic E-state index is 12.3. The van der Waals surface area contributed by atoms with Gasteiger partial charge in [-0.05, 0) is 48.2 Å². The largest absolute Gasteiger partial charge is 0.325 e. The summed E-state index contributed by atoms with van der Waals surface area (Å²) in [6.07, 6.45) is 1.45. The lowest BCUT2D eigenvalue weighted by molar-refractivity contribution is -0.115. The van der Waals surface area contributed by atoms with Crippen LogP contribution in [0.3, 0.4) is 0 Å². The summed E-state index contributed by atoms with van der Waals surface area (Å²) in [5.41, 5.74) is 5.74. The lowest BCUT2D eigenvalue weighted by atomic mass is 9.99. The Morgan fingerprint density at radius 1 is 1.19 bits per heavy atom. The van der Waals surface area contributed by atoms with E-state index in [9.17, 15) is 4.79 Å². The van der Waals surface area contributed by atoms with E-state index < -0.39 is 0 Å². The number of nitrogens with one attached hydrogen (secondary N) is 2. The fraction of sp³-hybridized carbons (Fsp3) is 0.278. The first-order chi connectivity index (χ1) is 10.2. The molecule has 3 nitrogen and oxygen atoms in total. The second-order valence-electron chi connectivity index (χ2n) is 5.52. The molecule has 0 saturated heterocycles. The number of fused-ring (bicyclic) bond motifs is 1. The van der Waals surface area contributed by atoms with Crippen LogP contribution in [0.1, 0.15) is 22.3 Å². The zero-order valence-corrected chi connectivity index (χ0v) is 12.3. The number of hydrogen-bond acceptors (Lipinski definition) is 2. The van der Waals surface area contributed by atoms with E-state index in [-0.39, 0.29) is 5.91 Å². The average molecular weight is 280 g/mol. The van der Waals surface area contributed by atoms with Crippen molar-refractivity contribution in [1.29, 1.82) is 0 Å². The molecule has 3 rings (SSSR count). The van der Waals surface area contributed by atoms with Crippen LogP contribution in [0.25, 0.3) is 0 Å². The molecule has 2 aromatic rings. The van der Waals surface area contributed by atoms with Crippen LogP contribution in [0.5, 0.6) is 0 Å². The van der Waals surface area contributed by atoms with E-state index in [4.69, 9.17) is 0 Å². The maximum absolute atomic E-state index is 12.3. The Morgan fingerprint density at radius 3 is 2.90 bits per heavy atom. The number of carbonyl (C=O) groups is 1. The van der Waals surface area contributed by atoms with Gasteiger partial charge in [-0.3, -0.25) is 4.79 Å².